The maximum Gasteiger partial charge on any atom is 0.287 e. The first-order valence-electron chi connectivity index (χ1n) is 12.0. The quantitative estimate of drug-likeness (QED) is 0.491. The van der Waals surface area contributed by atoms with Crippen LogP contribution in [0.4, 0.5) is 5.69 Å². The first-order valence-corrected chi connectivity index (χ1v) is 12.0. The van der Waals surface area contributed by atoms with Crippen molar-refractivity contribution in [2.24, 2.45) is 0 Å². The van der Waals surface area contributed by atoms with Crippen LogP contribution in [-0.4, -0.2) is 35.3 Å². The van der Waals surface area contributed by atoms with Gasteiger partial charge in [0, 0.05) is 29.7 Å². The Kier molecular flexibility index (Phi) is 7.92. The van der Waals surface area contributed by atoms with Crippen LogP contribution >= 0.6 is 0 Å². The van der Waals surface area contributed by atoms with Gasteiger partial charge in [-0.1, -0.05) is 38.0 Å². The molecule has 0 saturated heterocycles. The molecule has 0 unspecified atom stereocenters. The maximum atomic E-state index is 13.6. The number of carbonyl (C=O) groups excluding carboxylic acids is 3. The molecule has 2 N–H and O–H groups in total. The molecule has 2 heterocycles. The molecule has 182 valence electrons. The summed E-state index contributed by atoms with van der Waals surface area (Å²) in [6.07, 6.45) is 9.45. The molecule has 3 amide bonds. The van der Waals surface area contributed by atoms with E-state index in [0.29, 0.717) is 11.3 Å². The summed E-state index contributed by atoms with van der Waals surface area (Å²) < 4.78 is 5.12. The third kappa shape index (κ3) is 5.95. The van der Waals surface area contributed by atoms with Gasteiger partial charge in [0.15, 0.2) is 5.76 Å². The topological polar surface area (TPSA) is 105 Å². The Bertz CT molecular complexity index is 1120. The van der Waals surface area contributed by atoms with Crippen LogP contribution in [0.2, 0.25) is 0 Å². The highest BCUT2D eigenvalue weighted by atomic mass is 16.3. The number of aromatic nitrogens is 1. The van der Waals surface area contributed by atoms with Gasteiger partial charge in [0.2, 0.25) is 11.8 Å². The van der Waals surface area contributed by atoms with Crippen molar-refractivity contribution in [3.05, 3.63) is 84.1 Å². The predicted molar refractivity (Wildman–Crippen MR) is 132 cm³/mol. The van der Waals surface area contributed by atoms with Gasteiger partial charge in [-0.05, 0) is 55.2 Å². The van der Waals surface area contributed by atoms with Crippen LogP contribution in [0.1, 0.15) is 60.3 Å². The lowest BCUT2D eigenvalue weighted by molar-refractivity contribution is -0.126. The minimum Gasteiger partial charge on any atom is -0.459 e. The molecular formula is C27H30N4O4. The second-order valence-corrected chi connectivity index (χ2v) is 8.62. The van der Waals surface area contributed by atoms with E-state index in [9.17, 15) is 14.4 Å². The van der Waals surface area contributed by atoms with Gasteiger partial charge in [-0.3, -0.25) is 24.3 Å². The van der Waals surface area contributed by atoms with Crippen LogP contribution in [0.3, 0.4) is 0 Å². The molecule has 0 bridgehead atoms. The van der Waals surface area contributed by atoms with Crippen molar-refractivity contribution in [3.8, 4) is 0 Å². The minimum atomic E-state index is -0.940. The van der Waals surface area contributed by atoms with Gasteiger partial charge in [0.1, 0.15) is 6.04 Å². The zero-order valence-electron chi connectivity index (χ0n) is 19.8. The highest BCUT2D eigenvalue weighted by Gasteiger charge is 2.34. The molecule has 1 saturated carbocycles. The Balaban J connectivity index is 1.66. The average molecular weight is 475 g/mol. The molecule has 2 aromatic heterocycles. The van der Waals surface area contributed by atoms with E-state index in [2.05, 4.69) is 22.5 Å². The third-order valence-corrected chi connectivity index (χ3v) is 6.24. The fraction of sp³-hybridized carbons (Fsp3) is 0.333. The highest BCUT2D eigenvalue weighted by Crippen LogP contribution is 2.29. The molecule has 1 aromatic carbocycles. The Morgan fingerprint density at radius 1 is 1.09 bits per heavy atom. The lowest BCUT2D eigenvalue weighted by atomic mass is 10.0. The van der Waals surface area contributed by atoms with Crippen LogP contribution < -0.4 is 15.5 Å². The molecule has 1 aliphatic carbocycles. The number of nitrogens with zero attached hydrogens (tertiary/aromatic N) is 2. The molecule has 0 spiro atoms. The van der Waals surface area contributed by atoms with Gasteiger partial charge >= 0.3 is 0 Å². The highest BCUT2D eigenvalue weighted by molar-refractivity contribution is 6.04. The van der Waals surface area contributed by atoms with Crippen molar-refractivity contribution in [1.29, 1.82) is 0 Å². The molecular weight excluding hydrogens is 444 g/mol. The zero-order valence-corrected chi connectivity index (χ0v) is 19.8. The number of amides is 3. The molecule has 0 radical (unpaired) electrons. The van der Waals surface area contributed by atoms with Gasteiger partial charge in [-0.2, -0.15) is 0 Å². The Morgan fingerprint density at radius 3 is 2.49 bits per heavy atom. The smallest absolute Gasteiger partial charge is 0.287 e. The summed E-state index contributed by atoms with van der Waals surface area (Å²) in [6.45, 7) is 1.75. The van der Waals surface area contributed by atoms with E-state index in [-0.39, 0.29) is 24.3 Å². The standard InChI is InChI=1S/C27H30N4O4/c1-2-19-11-13-22(14-12-19)31(24(32)18-29-26(33)23-10-6-16-35-23)25(20-7-5-15-28-17-20)27(34)30-21-8-3-4-9-21/h5-7,10-17,21,25H,2-4,8-9,18H2,1H3,(H,29,33)(H,30,34)/t25-/m0/s1. The van der Waals surface area contributed by atoms with Crippen LogP contribution in [0.5, 0.6) is 0 Å². The molecule has 1 fully saturated rings. The summed E-state index contributed by atoms with van der Waals surface area (Å²) in [6, 6.07) is 13.3. The molecule has 8 nitrogen and oxygen atoms in total. The molecule has 35 heavy (non-hydrogen) atoms. The summed E-state index contributed by atoms with van der Waals surface area (Å²) in [5.41, 5.74) is 2.27. The summed E-state index contributed by atoms with van der Waals surface area (Å²) in [4.78, 5) is 45.3. The monoisotopic (exact) mass is 474 g/mol. The molecule has 1 atom stereocenters. The number of hydrogen-bond donors (Lipinski definition) is 2. The number of nitrogens with one attached hydrogen (secondary N) is 2. The second kappa shape index (κ2) is 11.5. The van der Waals surface area contributed by atoms with Gasteiger partial charge in [-0.15, -0.1) is 0 Å². The van der Waals surface area contributed by atoms with E-state index in [1.165, 1.54) is 17.2 Å². The number of rotatable bonds is 9. The van der Waals surface area contributed by atoms with Crippen LogP contribution in [0.25, 0.3) is 0 Å². The van der Waals surface area contributed by atoms with Crippen LogP contribution in [-0.2, 0) is 16.0 Å². The number of benzene rings is 1. The van der Waals surface area contributed by atoms with Crippen LogP contribution in [0, 0.1) is 0 Å². The van der Waals surface area contributed by atoms with Gasteiger partial charge in [-0.25, -0.2) is 0 Å². The summed E-state index contributed by atoms with van der Waals surface area (Å²) >= 11 is 0. The molecule has 8 heteroatoms. The summed E-state index contributed by atoms with van der Waals surface area (Å²) in [7, 11) is 0. The number of carbonyl (C=O) groups is 3. The zero-order chi connectivity index (χ0) is 24.6. The van der Waals surface area contributed by atoms with E-state index < -0.39 is 17.9 Å². The minimum absolute atomic E-state index is 0.0831. The Labute approximate surface area is 204 Å². The number of anilines is 1. The van der Waals surface area contributed by atoms with Crippen LogP contribution in [0.15, 0.2) is 71.6 Å². The molecule has 1 aliphatic rings. The van der Waals surface area contributed by atoms with Gasteiger partial charge < -0.3 is 15.1 Å². The van der Waals surface area contributed by atoms with E-state index >= 15 is 0 Å². The SMILES string of the molecule is CCc1ccc(N(C(=O)CNC(=O)c2ccco2)[C@H](C(=O)NC2CCCC2)c2cccnc2)cc1. The van der Waals surface area contributed by atoms with Gasteiger partial charge in [0.25, 0.3) is 5.91 Å². The maximum absolute atomic E-state index is 13.6. The van der Waals surface area contributed by atoms with Crippen molar-refractivity contribution in [1.82, 2.24) is 15.6 Å². The summed E-state index contributed by atoms with van der Waals surface area (Å²) in [5.74, 6) is -1.09. The first kappa shape index (κ1) is 24.2. The fourth-order valence-electron chi connectivity index (χ4n) is 4.37. The lowest BCUT2D eigenvalue weighted by Crippen LogP contribution is -2.49. The normalized spacial score (nSPS) is 14.3. The van der Waals surface area contributed by atoms with Crippen molar-refractivity contribution >= 4 is 23.4 Å². The van der Waals surface area contributed by atoms with Gasteiger partial charge in [0.05, 0.1) is 12.8 Å². The predicted octanol–water partition coefficient (Wildman–Crippen LogP) is 3.80. The summed E-state index contributed by atoms with van der Waals surface area (Å²) in [5, 5.41) is 5.73. The lowest BCUT2D eigenvalue weighted by Gasteiger charge is -2.32. The molecule has 0 aliphatic heterocycles. The van der Waals surface area contributed by atoms with E-state index in [1.807, 2.05) is 24.3 Å². The Morgan fingerprint density at radius 2 is 1.86 bits per heavy atom. The fourth-order valence-corrected chi connectivity index (χ4v) is 4.37. The van der Waals surface area contributed by atoms with E-state index in [0.717, 1.165) is 37.7 Å². The van der Waals surface area contributed by atoms with Crippen molar-refractivity contribution < 1.29 is 18.8 Å². The third-order valence-electron chi connectivity index (χ3n) is 6.24. The first-order chi connectivity index (χ1) is 17.1. The number of hydrogen-bond acceptors (Lipinski definition) is 5. The average Bonchev–Trinajstić information content (AvgIpc) is 3.61. The van der Waals surface area contributed by atoms with E-state index in [4.69, 9.17) is 4.42 Å². The van der Waals surface area contributed by atoms with Crippen molar-refractivity contribution in [3.63, 3.8) is 0 Å². The number of aryl methyl sites for hydroxylation is 1. The molecule has 3 aromatic rings. The number of furan rings is 1. The largest absolute Gasteiger partial charge is 0.459 e. The van der Waals surface area contributed by atoms with Crippen molar-refractivity contribution in [2.75, 3.05) is 11.4 Å². The second-order valence-electron chi connectivity index (χ2n) is 8.62. The molecule has 4 rings (SSSR count). The number of pyridine rings is 1. The van der Waals surface area contributed by atoms with E-state index in [1.54, 1.807) is 30.6 Å². The van der Waals surface area contributed by atoms with Crippen molar-refractivity contribution in [2.45, 2.75) is 51.1 Å². The Hall–Kier alpha value is -3.94.